The first kappa shape index (κ1) is 20.8. The lowest BCUT2D eigenvalue weighted by atomic mass is 10.3. The molecule has 0 unspecified atom stereocenters. The molecular weight excluding hydrogens is 405 g/mol. The number of nitrogens with one attached hydrogen (secondary N) is 1. The first-order valence-corrected chi connectivity index (χ1v) is 8.59. The number of amides is 1. The number of para-hydroxylation sites is 1. The van der Waals surface area contributed by atoms with Gasteiger partial charge in [-0.3, -0.25) is 15.2 Å². The minimum absolute atomic E-state index is 0.183. The number of esters is 1. The molecule has 1 aromatic carbocycles. The molecule has 156 valence electrons. The standard InChI is InChI=1S/C18H15F3N6O3/c1-2-26(12-7-4-3-5-8-12)25-14(28)13-11-22-17(27-10-6-9-23-27)24-15(13)30-16(29)18(19,20)21/h3-11H,2H2,1H3,(H,25,28). The molecule has 0 aliphatic heterocycles. The van der Waals surface area contributed by atoms with Crippen molar-refractivity contribution in [3.8, 4) is 11.8 Å². The van der Waals surface area contributed by atoms with E-state index in [2.05, 4.69) is 25.2 Å². The number of aromatic nitrogens is 4. The summed E-state index contributed by atoms with van der Waals surface area (Å²) in [5.41, 5.74) is 2.70. The van der Waals surface area contributed by atoms with E-state index in [0.717, 1.165) is 10.9 Å². The van der Waals surface area contributed by atoms with E-state index in [0.29, 0.717) is 12.2 Å². The molecule has 2 aromatic heterocycles. The van der Waals surface area contributed by atoms with Gasteiger partial charge in [-0.15, -0.1) is 0 Å². The number of benzene rings is 1. The predicted molar refractivity (Wildman–Crippen MR) is 97.8 cm³/mol. The van der Waals surface area contributed by atoms with Crippen LogP contribution in [0.5, 0.6) is 5.88 Å². The number of hydrogen-bond acceptors (Lipinski definition) is 7. The lowest BCUT2D eigenvalue weighted by Crippen LogP contribution is -2.42. The Hall–Kier alpha value is -3.96. The molecule has 9 nitrogen and oxygen atoms in total. The maximum absolute atomic E-state index is 12.7. The average molecular weight is 420 g/mol. The highest BCUT2D eigenvalue weighted by molar-refractivity contribution is 5.97. The number of alkyl halides is 3. The van der Waals surface area contributed by atoms with Crippen molar-refractivity contribution in [2.45, 2.75) is 13.1 Å². The molecule has 0 fully saturated rings. The summed E-state index contributed by atoms with van der Waals surface area (Å²) in [4.78, 5) is 31.7. The molecule has 12 heteroatoms. The van der Waals surface area contributed by atoms with Crippen LogP contribution in [0.15, 0.2) is 55.0 Å². The summed E-state index contributed by atoms with van der Waals surface area (Å²) in [6, 6.07) is 10.3. The van der Waals surface area contributed by atoms with Crippen LogP contribution in [0.4, 0.5) is 18.9 Å². The molecule has 0 aliphatic carbocycles. The van der Waals surface area contributed by atoms with Crippen molar-refractivity contribution in [3.05, 3.63) is 60.6 Å². The topological polar surface area (TPSA) is 102 Å². The Kier molecular flexibility index (Phi) is 5.95. The highest BCUT2D eigenvalue weighted by atomic mass is 19.4. The van der Waals surface area contributed by atoms with E-state index in [1.807, 2.05) is 0 Å². The van der Waals surface area contributed by atoms with Gasteiger partial charge in [0, 0.05) is 25.1 Å². The van der Waals surface area contributed by atoms with Crippen LogP contribution in [0, 0.1) is 0 Å². The third kappa shape index (κ3) is 4.71. The molecule has 0 aliphatic rings. The van der Waals surface area contributed by atoms with Crippen molar-refractivity contribution >= 4 is 17.6 Å². The quantitative estimate of drug-likeness (QED) is 0.482. The minimum Gasteiger partial charge on any atom is -0.400 e. The number of anilines is 1. The molecule has 0 atom stereocenters. The second-order valence-corrected chi connectivity index (χ2v) is 5.75. The van der Waals surface area contributed by atoms with Gasteiger partial charge in [-0.2, -0.15) is 23.3 Å². The fourth-order valence-electron chi connectivity index (χ4n) is 2.35. The maximum atomic E-state index is 12.7. The largest absolute Gasteiger partial charge is 0.491 e. The summed E-state index contributed by atoms with van der Waals surface area (Å²) < 4.78 is 43.5. The lowest BCUT2D eigenvalue weighted by Gasteiger charge is -2.24. The molecule has 0 saturated heterocycles. The number of rotatable bonds is 6. The maximum Gasteiger partial charge on any atom is 0.491 e. The summed E-state index contributed by atoms with van der Waals surface area (Å²) in [6.07, 6.45) is -1.50. The van der Waals surface area contributed by atoms with E-state index in [4.69, 9.17) is 0 Å². The van der Waals surface area contributed by atoms with Crippen molar-refractivity contribution < 1.29 is 27.5 Å². The van der Waals surface area contributed by atoms with E-state index in [-0.39, 0.29) is 5.95 Å². The lowest BCUT2D eigenvalue weighted by molar-refractivity contribution is -0.190. The summed E-state index contributed by atoms with van der Waals surface area (Å²) in [5, 5.41) is 5.31. The van der Waals surface area contributed by atoms with Crippen molar-refractivity contribution in [2.75, 3.05) is 11.6 Å². The molecule has 3 rings (SSSR count). The summed E-state index contributed by atoms with van der Waals surface area (Å²) in [7, 11) is 0. The molecule has 0 saturated carbocycles. The Morgan fingerprint density at radius 3 is 2.53 bits per heavy atom. The third-order valence-corrected chi connectivity index (χ3v) is 3.74. The second-order valence-electron chi connectivity index (χ2n) is 5.75. The smallest absolute Gasteiger partial charge is 0.400 e. The van der Waals surface area contributed by atoms with Gasteiger partial charge in [0.2, 0.25) is 5.88 Å². The number of nitrogens with zero attached hydrogens (tertiary/aromatic N) is 5. The zero-order valence-corrected chi connectivity index (χ0v) is 15.5. The summed E-state index contributed by atoms with van der Waals surface area (Å²) in [6.45, 7) is 2.11. The van der Waals surface area contributed by atoms with Crippen molar-refractivity contribution in [2.24, 2.45) is 0 Å². The number of hydrogen-bond donors (Lipinski definition) is 1. The van der Waals surface area contributed by atoms with Crippen LogP contribution in [0.2, 0.25) is 0 Å². The fraction of sp³-hybridized carbons (Fsp3) is 0.167. The second kappa shape index (κ2) is 8.59. The van der Waals surface area contributed by atoms with Crippen LogP contribution in [0.1, 0.15) is 17.3 Å². The fourth-order valence-corrected chi connectivity index (χ4v) is 2.35. The SMILES string of the molecule is CCN(NC(=O)c1cnc(-n2cccn2)nc1OC(=O)C(F)(F)F)c1ccccc1. The molecule has 30 heavy (non-hydrogen) atoms. The van der Waals surface area contributed by atoms with Crippen LogP contribution < -0.4 is 15.2 Å². The van der Waals surface area contributed by atoms with Crippen LogP contribution in [-0.4, -0.2) is 44.3 Å². The molecule has 3 aromatic rings. The van der Waals surface area contributed by atoms with Crippen molar-refractivity contribution in [3.63, 3.8) is 0 Å². The van der Waals surface area contributed by atoms with Crippen LogP contribution in [-0.2, 0) is 4.79 Å². The summed E-state index contributed by atoms with van der Waals surface area (Å²) in [5.74, 6) is -4.41. The van der Waals surface area contributed by atoms with Gasteiger partial charge in [-0.25, -0.2) is 14.5 Å². The number of halogens is 3. The normalized spacial score (nSPS) is 11.1. The van der Waals surface area contributed by atoms with Crippen molar-refractivity contribution in [1.82, 2.24) is 25.2 Å². The van der Waals surface area contributed by atoms with E-state index in [1.165, 1.54) is 23.5 Å². The average Bonchev–Trinajstić information content (AvgIpc) is 3.26. The number of ether oxygens (including phenoxy) is 1. The van der Waals surface area contributed by atoms with E-state index in [9.17, 15) is 22.8 Å². The van der Waals surface area contributed by atoms with E-state index >= 15 is 0 Å². The van der Waals surface area contributed by atoms with Gasteiger partial charge in [-0.05, 0) is 25.1 Å². The highest BCUT2D eigenvalue weighted by Crippen LogP contribution is 2.22. The van der Waals surface area contributed by atoms with Crippen LogP contribution in [0.3, 0.4) is 0 Å². The van der Waals surface area contributed by atoms with Gasteiger partial charge in [-0.1, -0.05) is 18.2 Å². The first-order chi connectivity index (χ1) is 14.3. The van der Waals surface area contributed by atoms with E-state index in [1.54, 1.807) is 37.3 Å². The Morgan fingerprint density at radius 2 is 1.93 bits per heavy atom. The van der Waals surface area contributed by atoms with Gasteiger partial charge >= 0.3 is 12.1 Å². The van der Waals surface area contributed by atoms with E-state index < -0.39 is 29.5 Å². The molecule has 2 heterocycles. The molecule has 0 spiro atoms. The Balaban J connectivity index is 1.93. The Morgan fingerprint density at radius 1 is 1.20 bits per heavy atom. The molecule has 0 radical (unpaired) electrons. The van der Waals surface area contributed by atoms with Crippen molar-refractivity contribution in [1.29, 1.82) is 0 Å². The summed E-state index contributed by atoms with van der Waals surface area (Å²) >= 11 is 0. The van der Waals surface area contributed by atoms with Gasteiger partial charge in [0.1, 0.15) is 5.56 Å². The predicted octanol–water partition coefficient (Wildman–Crippen LogP) is 2.30. The molecule has 1 N–H and O–H groups in total. The van der Waals surface area contributed by atoms with Gasteiger partial charge in [0.05, 0.1) is 5.69 Å². The monoisotopic (exact) mass is 420 g/mol. The molecule has 1 amide bonds. The Bertz CT molecular complexity index is 1030. The first-order valence-electron chi connectivity index (χ1n) is 8.59. The molecular formula is C18H15F3N6O3. The zero-order chi connectivity index (χ0) is 21.7. The minimum atomic E-state index is -5.27. The number of carbonyl (C=O) groups excluding carboxylic acids is 2. The van der Waals surface area contributed by atoms with Gasteiger partial charge in [0.25, 0.3) is 11.9 Å². The third-order valence-electron chi connectivity index (χ3n) is 3.74. The van der Waals surface area contributed by atoms with Gasteiger partial charge in [0.15, 0.2) is 0 Å². The van der Waals surface area contributed by atoms with Gasteiger partial charge < -0.3 is 4.74 Å². The highest BCUT2D eigenvalue weighted by Gasteiger charge is 2.42. The Labute approximate surface area is 168 Å². The molecule has 0 bridgehead atoms. The number of hydrazine groups is 1. The zero-order valence-electron chi connectivity index (χ0n) is 15.5. The van der Waals surface area contributed by atoms with Crippen LogP contribution >= 0.6 is 0 Å². The number of carbonyl (C=O) groups is 2. The van der Waals surface area contributed by atoms with Crippen LogP contribution in [0.25, 0.3) is 5.95 Å².